The van der Waals surface area contributed by atoms with Crippen molar-refractivity contribution in [2.75, 3.05) is 6.73 Å². The van der Waals surface area contributed by atoms with Crippen molar-refractivity contribution in [3.63, 3.8) is 0 Å². The van der Waals surface area contributed by atoms with Gasteiger partial charge in [-0.25, -0.2) is 4.79 Å². The molecule has 3 aromatic rings. The van der Waals surface area contributed by atoms with Crippen molar-refractivity contribution in [1.29, 1.82) is 0 Å². The fraction of sp³-hybridized carbons (Fsp3) is 0.286. The maximum absolute atomic E-state index is 12.1. The molecule has 26 heavy (non-hydrogen) atoms. The molecule has 0 saturated carbocycles. The van der Waals surface area contributed by atoms with Gasteiger partial charge < -0.3 is 9.15 Å². The lowest BCUT2D eigenvalue weighted by molar-refractivity contribution is -0.945. The molecule has 1 aliphatic rings. The number of halogens is 1. The maximum Gasteiger partial charge on any atom is 0.336 e. The van der Waals surface area contributed by atoms with Gasteiger partial charge >= 0.3 is 5.63 Å². The quantitative estimate of drug-likeness (QED) is 0.716. The molecule has 2 heterocycles. The van der Waals surface area contributed by atoms with Gasteiger partial charge in [-0.1, -0.05) is 55.3 Å². The molecule has 4 nitrogen and oxygen atoms in total. The lowest BCUT2D eigenvalue weighted by atomic mass is 10.0. The summed E-state index contributed by atoms with van der Waals surface area (Å²) >= 11 is 6.49. The Kier molecular flexibility index (Phi) is 4.70. The number of ether oxygens (including phenoxy) is 1. The normalized spacial score (nSPS) is 16.3. The first-order valence-corrected chi connectivity index (χ1v) is 9.32. The van der Waals surface area contributed by atoms with Crippen LogP contribution in [0.1, 0.15) is 30.0 Å². The Bertz CT molecular complexity index is 998. The molecule has 1 aromatic heterocycles. The second-order valence-corrected chi connectivity index (χ2v) is 7.17. The summed E-state index contributed by atoms with van der Waals surface area (Å²) in [7, 11) is 0. The third-order valence-electron chi connectivity index (χ3n) is 4.79. The summed E-state index contributed by atoms with van der Waals surface area (Å²) in [4.78, 5) is 13.3. The third-order valence-corrected chi connectivity index (χ3v) is 5.07. The second-order valence-electron chi connectivity index (χ2n) is 6.76. The number of nitrogens with one attached hydrogen (secondary N) is 1. The molecule has 0 fully saturated rings. The average molecular weight is 371 g/mol. The van der Waals surface area contributed by atoms with Crippen LogP contribution in [0, 0.1) is 0 Å². The smallest absolute Gasteiger partial charge is 0.336 e. The SMILES string of the molecule is CCCc1cc(=O)oc2c3c(c(Cl)cc12)OC[NH+](Cc1ccccc1)C3. The van der Waals surface area contributed by atoms with Gasteiger partial charge in [-0.15, -0.1) is 0 Å². The Morgan fingerprint density at radius 3 is 2.77 bits per heavy atom. The summed E-state index contributed by atoms with van der Waals surface area (Å²) < 4.78 is 11.5. The zero-order valence-electron chi connectivity index (χ0n) is 14.7. The summed E-state index contributed by atoms with van der Waals surface area (Å²) in [5.74, 6) is 0.646. The first-order valence-electron chi connectivity index (χ1n) is 8.94. The van der Waals surface area contributed by atoms with E-state index in [1.54, 1.807) is 6.07 Å². The molecule has 1 aliphatic heterocycles. The van der Waals surface area contributed by atoms with Gasteiger partial charge in [0.25, 0.3) is 0 Å². The fourth-order valence-electron chi connectivity index (χ4n) is 3.64. The highest BCUT2D eigenvalue weighted by molar-refractivity contribution is 6.33. The van der Waals surface area contributed by atoms with E-state index in [9.17, 15) is 4.79 Å². The lowest BCUT2D eigenvalue weighted by Gasteiger charge is -2.27. The summed E-state index contributed by atoms with van der Waals surface area (Å²) in [6, 6.07) is 13.7. The Labute approximate surface area is 156 Å². The van der Waals surface area contributed by atoms with Crippen LogP contribution in [0.25, 0.3) is 11.0 Å². The van der Waals surface area contributed by atoms with Crippen molar-refractivity contribution in [3.8, 4) is 5.75 Å². The minimum absolute atomic E-state index is 0.319. The molecular formula is C21H21ClNO3+. The molecule has 0 saturated heterocycles. The van der Waals surface area contributed by atoms with Crippen LogP contribution in [-0.2, 0) is 19.5 Å². The van der Waals surface area contributed by atoms with Crippen LogP contribution in [0.2, 0.25) is 5.02 Å². The second kappa shape index (κ2) is 7.14. The molecule has 134 valence electrons. The van der Waals surface area contributed by atoms with E-state index in [2.05, 4.69) is 19.1 Å². The monoisotopic (exact) mass is 370 g/mol. The molecule has 2 aromatic carbocycles. The Balaban J connectivity index is 1.77. The highest BCUT2D eigenvalue weighted by Crippen LogP contribution is 2.37. The Morgan fingerprint density at radius 1 is 1.19 bits per heavy atom. The fourth-order valence-corrected chi connectivity index (χ4v) is 3.92. The van der Waals surface area contributed by atoms with Crippen LogP contribution in [0.4, 0.5) is 0 Å². The molecule has 0 amide bonds. The van der Waals surface area contributed by atoms with Crippen molar-refractivity contribution in [2.45, 2.75) is 32.9 Å². The number of fused-ring (bicyclic) bond motifs is 3. The number of hydrogen-bond donors (Lipinski definition) is 1. The number of benzene rings is 2. The van der Waals surface area contributed by atoms with Gasteiger partial charge in [0, 0.05) is 17.0 Å². The van der Waals surface area contributed by atoms with E-state index < -0.39 is 0 Å². The third kappa shape index (κ3) is 3.22. The minimum Gasteiger partial charge on any atom is -0.443 e. The van der Waals surface area contributed by atoms with Crippen LogP contribution in [0.3, 0.4) is 0 Å². The van der Waals surface area contributed by atoms with E-state index >= 15 is 0 Å². The summed E-state index contributed by atoms with van der Waals surface area (Å²) in [6.07, 6.45) is 1.77. The van der Waals surface area contributed by atoms with E-state index in [1.807, 2.05) is 24.3 Å². The number of aryl methyl sites for hydroxylation is 1. The van der Waals surface area contributed by atoms with Gasteiger partial charge in [0.15, 0.2) is 11.3 Å². The molecule has 0 radical (unpaired) electrons. The average Bonchev–Trinajstić information content (AvgIpc) is 2.64. The highest BCUT2D eigenvalue weighted by Gasteiger charge is 2.27. The van der Waals surface area contributed by atoms with Gasteiger partial charge in [0.1, 0.15) is 13.1 Å². The predicted molar refractivity (Wildman–Crippen MR) is 102 cm³/mol. The molecule has 1 N–H and O–H groups in total. The lowest BCUT2D eigenvalue weighted by Crippen LogP contribution is -3.10. The zero-order valence-corrected chi connectivity index (χ0v) is 15.4. The molecule has 0 spiro atoms. The highest BCUT2D eigenvalue weighted by atomic mass is 35.5. The minimum atomic E-state index is -0.319. The van der Waals surface area contributed by atoms with E-state index in [0.717, 1.165) is 35.9 Å². The van der Waals surface area contributed by atoms with Gasteiger partial charge in [-0.2, -0.15) is 0 Å². The van der Waals surface area contributed by atoms with Crippen molar-refractivity contribution < 1.29 is 14.1 Å². The Morgan fingerprint density at radius 2 is 2.00 bits per heavy atom. The molecule has 4 rings (SSSR count). The predicted octanol–water partition coefficient (Wildman–Crippen LogP) is 3.33. The first-order chi connectivity index (χ1) is 12.7. The maximum atomic E-state index is 12.1. The van der Waals surface area contributed by atoms with Crippen molar-refractivity contribution >= 4 is 22.6 Å². The van der Waals surface area contributed by atoms with E-state index in [4.69, 9.17) is 20.8 Å². The van der Waals surface area contributed by atoms with Crippen LogP contribution >= 0.6 is 11.6 Å². The molecular weight excluding hydrogens is 350 g/mol. The first kappa shape index (κ1) is 17.1. The summed E-state index contributed by atoms with van der Waals surface area (Å²) in [5, 5.41) is 1.50. The molecule has 0 aliphatic carbocycles. The van der Waals surface area contributed by atoms with Crippen molar-refractivity contribution in [2.24, 2.45) is 0 Å². The summed E-state index contributed by atoms with van der Waals surface area (Å²) in [6.45, 7) is 4.17. The number of rotatable bonds is 4. The summed E-state index contributed by atoms with van der Waals surface area (Å²) in [5.41, 5.74) is 3.42. The molecule has 5 heteroatoms. The van der Waals surface area contributed by atoms with Crippen molar-refractivity contribution in [3.05, 3.63) is 74.6 Å². The van der Waals surface area contributed by atoms with Gasteiger partial charge in [-0.3, -0.25) is 4.90 Å². The largest absolute Gasteiger partial charge is 0.443 e. The van der Waals surface area contributed by atoms with E-state index in [1.165, 1.54) is 10.5 Å². The van der Waals surface area contributed by atoms with Crippen LogP contribution in [0.15, 0.2) is 51.7 Å². The number of hydrogen-bond acceptors (Lipinski definition) is 3. The Hall–Kier alpha value is -2.30. The molecule has 1 atom stereocenters. The van der Waals surface area contributed by atoms with E-state index in [0.29, 0.717) is 29.6 Å². The van der Waals surface area contributed by atoms with Crippen molar-refractivity contribution in [1.82, 2.24) is 0 Å². The van der Waals surface area contributed by atoms with Gasteiger partial charge in [0.05, 0.1) is 10.6 Å². The van der Waals surface area contributed by atoms with Gasteiger partial charge in [-0.05, 0) is 18.1 Å². The van der Waals surface area contributed by atoms with E-state index in [-0.39, 0.29) is 5.63 Å². The zero-order chi connectivity index (χ0) is 18.1. The van der Waals surface area contributed by atoms with Crippen LogP contribution in [-0.4, -0.2) is 6.73 Å². The van der Waals surface area contributed by atoms with Gasteiger partial charge in [0.2, 0.25) is 6.73 Å². The molecule has 1 unspecified atom stereocenters. The topological polar surface area (TPSA) is 43.9 Å². The van der Waals surface area contributed by atoms with Crippen LogP contribution < -0.4 is 15.3 Å². The number of quaternary nitrogens is 1. The standard InChI is InChI=1S/C21H20ClNO3/c1-2-6-15-9-19(24)26-20-16(15)10-18(22)21-17(20)12-23(13-25-21)11-14-7-4-3-5-8-14/h3-5,7-10H,2,6,11-13H2,1H3/p+1. The van der Waals surface area contributed by atoms with Crippen LogP contribution in [0.5, 0.6) is 5.75 Å². The molecule has 0 bridgehead atoms.